The SMILES string of the molecule is CC[C@H](NC(=O)OC(C)(C)C)C(=O)N1CC(OC(C)=O)C[C@H]1Cc1c(-c2[nH]c3cc(F)ccc3c2C[C@@H]2C[C@H](OC(C)=O)CN2C(=O)[C@H](CC)NC(=O)OC(C)(C)C)[nH]c2cc(F)ccc12. The second-order valence-corrected chi connectivity index (χ2v) is 19.2. The van der Waals surface area contributed by atoms with Crippen molar-refractivity contribution >= 4 is 57.7 Å². The molecule has 0 radical (unpaired) electrons. The minimum atomic E-state index is -0.968. The number of nitrogens with one attached hydrogen (secondary N) is 4. The van der Waals surface area contributed by atoms with E-state index < -0.39 is 95.2 Å². The average molecular weight is 921 g/mol. The Morgan fingerprint density at radius 1 is 0.652 bits per heavy atom. The van der Waals surface area contributed by atoms with Crippen LogP contribution in [0.25, 0.3) is 33.2 Å². The third-order valence-electron chi connectivity index (χ3n) is 11.6. The molecule has 6 atom stereocenters. The number of hydrogen-bond donors (Lipinski definition) is 4. The molecule has 4 heterocycles. The number of aromatic nitrogens is 2. The highest BCUT2D eigenvalue weighted by Gasteiger charge is 2.43. The van der Waals surface area contributed by atoms with Gasteiger partial charge in [-0.15, -0.1) is 0 Å². The van der Waals surface area contributed by atoms with Gasteiger partial charge in [-0.25, -0.2) is 18.4 Å². The number of nitrogens with zero attached hydrogens (tertiary/aromatic N) is 2. The van der Waals surface area contributed by atoms with Crippen molar-refractivity contribution in [2.75, 3.05) is 13.1 Å². The number of halogens is 2. The van der Waals surface area contributed by atoms with Gasteiger partial charge in [-0.2, -0.15) is 0 Å². The van der Waals surface area contributed by atoms with E-state index in [4.69, 9.17) is 18.9 Å². The second-order valence-electron chi connectivity index (χ2n) is 19.2. The Bertz CT molecular complexity index is 2320. The van der Waals surface area contributed by atoms with E-state index in [0.717, 1.165) is 0 Å². The lowest BCUT2D eigenvalue weighted by atomic mass is 9.94. The molecule has 4 aromatic rings. The summed E-state index contributed by atoms with van der Waals surface area (Å²) in [7, 11) is 0. The van der Waals surface area contributed by atoms with E-state index >= 15 is 0 Å². The standard InChI is InChI=1S/C48H62F2N6O10/c1-11-37(53-45(61)65-47(5,6)7)43(59)55-23-31(63-25(3)57)19-29(55)21-35-33-15-13-27(49)17-39(33)51-41(35)42-36(34-16-14-28(50)18-40(34)52-42)22-30-20-32(64-26(4)58)24-56(30)44(60)38(12-2)54-46(62)66-48(8,9)10/h13-18,29-32,37-38,51-52H,11-12,19-24H2,1-10H3,(H,53,61)(H,54,62)/t29-,30-,31-,32?,37-,38-/m0/s1. The molecular weight excluding hydrogens is 859 g/mol. The lowest BCUT2D eigenvalue weighted by molar-refractivity contribution is -0.147. The van der Waals surface area contributed by atoms with E-state index in [9.17, 15) is 37.5 Å². The number of alkyl carbamates (subject to hydrolysis) is 2. The van der Waals surface area contributed by atoms with Gasteiger partial charge < -0.3 is 49.3 Å². The van der Waals surface area contributed by atoms with Gasteiger partial charge in [-0.1, -0.05) is 13.8 Å². The number of esters is 2. The Kier molecular flexibility index (Phi) is 14.7. The fourth-order valence-corrected chi connectivity index (χ4v) is 9.07. The first-order valence-electron chi connectivity index (χ1n) is 22.5. The molecule has 2 aliphatic heterocycles. The van der Waals surface area contributed by atoms with Crippen LogP contribution < -0.4 is 10.6 Å². The summed E-state index contributed by atoms with van der Waals surface area (Å²) >= 11 is 0. The maximum Gasteiger partial charge on any atom is 0.408 e. The van der Waals surface area contributed by atoms with E-state index in [1.54, 1.807) is 77.3 Å². The molecule has 2 aromatic heterocycles. The number of H-pyrrole nitrogens is 2. The number of carbonyl (C=O) groups excluding carboxylic acids is 6. The van der Waals surface area contributed by atoms with Crippen molar-refractivity contribution in [3.8, 4) is 11.4 Å². The summed E-state index contributed by atoms with van der Waals surface area (Å²) in [6.45, 7) is 16.5. The largest absolute Gasteiger partial charge is 0.461 e. The number of likely N-dealkylation sites (tertiary alicyclic amines) is 2. The van der Waals surface area contributed by atoms with Gasteiger partial charge in [0, 0.05) is 60.6 Å². The topological polar surface area (TPSA) is 201 Å². The Hall–Kier alpha value is -6.20. The monoisotopic (exact) mass is 920 g/mol. The highest BCUT2D eigenvalue weighted by Crippen LogP contribution is 2.40. The van der Waals surface area contributed by atoms with Crippen molar-refractivity contribution < 1.29 is 56.5 Å². The van der Waals surface area contributed by atoms with Gasteiger partial charge in [0.15, 0.2) is 0 Å². The van der Waals surface area contributed by atoms with Crippen molar-refractivity contribution in [3.63, 3.8) is 0 Å². The number of hydrogen-bond acceptors (Lipinski definition) is 10. The third kappa shape index (κ3) is 11.8. The number of amides is 4. The van der Waals surface area contributed by atoms with Crippen LogP contribution in [0.1, 0.15) is 106 Å². The molecular formula is C48H62F2N6O10. The maximum absolute atomic E-state index is 15.0. The van der Waals surface area contributed by atoms with Crippen molar-refractivity contribution in [2.24, 2.45) is 0 Å². The number of rotatable bonds is 13. The summed E-state index contributed by atoms with van der Waals surface area (Å²) in [5.74, 6) is -2.86. The van der Waals surface area contributed by atoms with Gasteiger partial charge in [-0.3, -0.25) is 19.2 Å². The molecule has 1 unspecified atom stereocenters. The number of aromatic amines is 2. The molecule has 0 saturated carbocycles. The van der Waals surface area contributed by atoms with Crippen LogP contribution in [0.4, 0.5) is 18.4 Å². The lowest BCUT2D eigenvalue weighted by Gasteiger charge is -2.30. The van der Waals surface area contributed by atoms with E-state index in [-0.39, 0.29) is 51.6 Å². The minimum Gasteiger partial charge on any atom is -0.461 e. The molecule has 0 aliphatic carbocycles. The summed E-state index contributed by atoms with van der Waals surface area (Å²) in [6.07, 6.45) is -1.53. The first-order chi connectivity index (χ1) is 30.9. The van der Waals surface area contributed by atoms with E-state index in [1.807, 2.05) is 0 Å². The number of fused-ring (bicyclic) bond motifs is 2. The highest BCUT2D eigenvalue weighted by molar-refractivity contribution is 5.96. The fourth-order valence-electron chi connectivity index (χ4n) is 9.07. The summed E-state index contributed by atoms with van der Waals surface area (Å²) in [5, 5.41) is 6.66. The van der Waals surface area contributed by atoms with Crippen LogP contribution in [0.2, 0.25) is 0 Å². The third-order valence-corrected chi connectivity index (χ3v) is 11.6. The fraction of sp³-hybridized carbons (Fsp3) is 0.542. The van der Waals surface area contributed by atoms with E-state index in [0.29, 0.717) is 44.3 Å². The van der Waals surface area contributed by atoms with Crippen LogP contribution in [-0.2, 0) is 51.0 Å². The van der Waals surface area contributed by atoms with Crippen LogP contribution in [0.5, 0.6) is 0 Å². The molecule has 66 heavy (non-hydrogen) atoms. The maximum atomic E-state index is 15.0. The molecule has 2 aliphatic rings. The molecule has 4 N–H and O–H groups in total. The van der Waals surface area contributed by atoms with Gasteiger partial charge in [0.2, 0.25) is 11.8 Å². The molecule has 0 spiro atoms. The van der Waals surface area contributed by atoms with E-state index in [1.165, 1.54) is 38.1 Å². The second kappa shape index (κ2) is 19.7. The quantitative estimate of drug-likeness (QED) is 0.0776. The number of benzene rings is 2. The van der Waals surface area contributed by atoms with Crippen LogP contribution in [-0.4, -0.2) is 116 Å². The van der Waals surface area contributed by atoms with Crippen LogP contribution >= 0.6 is 0 Å². The van der Waals surface area contributed by atoms with Crippen molar-refractivity contribution in [3.05, 3.63) is 59.2 Å². The van der Waals surface area contributed by atoms with Crippen molar-refractivity contribution in [1.82, 2.24) is 30.4 Å². The van der Waals surface area contributed by atoms with Crippen molar-refractivity contribution in [1.29, 1.82) is 0 Å². The van der Waals surface area contributed by atoms with Gasteiger partial charge in [0.1, 0.15) is 47.1 Å². The summed E-state index contributed by atoms with van der Waals surface area (Å²) < 4.78 is 52.2. The predicted molar refractivity (Wildman–Crippen MR) is 241 cm³/mol. The molecule has 16 nitrogen and oxygen atoms in total. The summed E-state index contributed by atoms with van der Waals surface area (Å²) in [5.41, 5.74) is 1.61. The Labute approximate surface area is 382 Å². The molecule has 2 saturated heterocycles. The van der Waals surface area contributed by atoms with Gasteiger partial charge in [-0.05, 0) is 115 Å². The molecule has 2 fully saturated rings. The van der Waals surface area contributed by atoms with Crippen molar-refractivity contribution in [2.45, 2.75) is 155 Å². The smallest absolute Gasteiger partial charge is 0.408 e. The van der Waals surface area contributed by atoms with Crippen LogP contribution in [0.3, 0.4) is 0 Å². The first-order valence-corrected chi connectivity index (χ1v) is 22.5. The molecule has 0 bridgehead atoms. The zero-order chi connectivity index (χ0) is 48.4. The molecule has 6 rings (SSSR count). The predicted octanol–water partition coefficient (Wildman–Crippen LogP) is 7.35. The summed E-state index contributed by atoms with van der Waals surface area (Å²) in [6, 6.07) is 5.53. The Morgan fingerprint density at radius 2 is 1.02 bits per heavy atom. The summed E-state index contributed by atoms with van der Waals surface area (Å²) in [4.78, 5) is 89.1. The van der Waals surface area contributed by atoms with Gasteiger partial charge >= 0.3 is 24.1 Å². The molecule has 2 aromatic carbocycles. The first kappa shape index (κ1) is 49.2. The molecule has 18 heteroatoms. The average Bonchev–Trinajstić information content (AvgIpc) is 3.96. The highest BCUT2D eigenvalue weighted by atomic mass is 19.1. The van der Waals surface area contributed by atoms with E-state index in [2.05, 4.69) is 20.6 Å². The van der Waals surface area contributed by atoms with Crippen LogP contribution in [0, 0.1) is 11.6 Å². The number of ether oxygens (including phenoxy) is 4. The zero-order valence-electron chi connectivity index (χ0n) is 39.3. The van der Waals surface area contributed by atoms with Gasteiger partial charge in [0.05, 0.1) is 24.5 Å². The normalized spacial score (nSPS) is 19.7. The number of carbonyl (C=O) groups is 6. The Balaban J connectivity index is 1.43. The van der Waals surface area contributed by atoms with Gasteiger partial charge in [0.25, 0.3) is 0 Å². The molecule has 358 valence electrons. The molecule has 4 amide bonds. The van der Waals surface area contributed by atoms with Crippen LogP contribution in [0.15, 0.2) is 36.4 Å². The zero-order valence-corrected chi connectivity index (χ0v) is 39.3. The minimum absolute atomic E-state index is 0.0510. The lowest BCUT2D eigenvalue weighted by Crippen LogP contribution is -2.51. The Morgan fingerprint density at radius 3 is 1.33 bits per heavy atom.